The molecule has 7 heteroatoms. The van der Waals surface area contributed by atoms with E-state index in [4.69, 9.17) is 11.6 Å². The Morgan fingerprint density at radius 2 is 1.83 bits per heavy atom. The van der Waals surface area contributed by atoms with Crippen LogP contribution in [0.15, 0.2) is 46.0 Å². The van der Waals surface area contributed by atoms with Crippen molar-refractivity contribution in [2.45, 2.75) is 13.8 Å². The van der Waals surface area contributed by atoms with E-state index in [2.05, 4.69) is 4.98 Å². The monoisotopic (exact) mass is 357 g/mol. The van der Waals surface area contributed by atoms with Gasteiger partial charge in [0.2, 0.25) is 4.96 Å². The molecule has 0 saturated carbocycles. The summed E-state index contributed by atoms with van der Waals surface area (Å²) in [5.41, 5.74) is 2.32. The molecular formula is C17H12ClN3O2S. The van der Waals surface area contributed by atoms with Crippen molar-refractivity contribution in [3.8, 4) is 5.69 Å². The van der Waals surface area contributed by atoms with Crippen LogP contribution in [0.5, 0.6) is 0 Å². The van der Waals surface area contributed by atoms with Crippen molar-refractivity contribution in [3.63, 3.8) is 0 Å². The molecule has 120 valence electrons. The lowest BCUT2D eigenvalue weighted by molar-refractivity contribution is 0.814. The fourth-order valence-electron chi connectivity index (χ4n) is 2.69. The fraction of sp³-hybridized carbons (Fsp3) is 0.118. The summed E-state index contributed by atoms with van der Waals surface area (Å²) in [6.07, 6.45) is 0. The Balaban J connectivity index is 2.17. The molecule has 5 nitrogen and oxygen atoms in total. The first-order valence-corrected chi connectivity index (χ1v) is 8.46. The average molecular weight is 358 g/mol. The molecular weight excluding hydrogens is 346 g/mol. The summed E-state index contributed by atoms with van der Waals surface area (Å²) in [4.78, 5) is 29.8. The highest BCUT2D eigenvalue weighted by Gasteiger charge is 2.15. The van der Waals surface area contributed by atoms with Crippen LogP contribution in [0.25, 0.3) is 20.9 Å². The first-order chi connectivity index (χ1) is 11.5. The lowest BCUT2D eigenvalue weighted by Crippen LogP contribution is -2.37. The Morgan fingerprint density at radius 1 is 1.08 bits per heavy atom. The van der Waals surface area contributed by atoms with E-state index in [0.717, 1.165) is 25.9 Å². The largest absolute Gasteiger partial charge is 0.359 e. The van der Waals surface area contributed by atoms with Gasteiger partial charge in [0.15, 0.2) is 0 Å². The molecule has 0 amide bonds. The molecule has 0 atom stereocenters. The normalized spacial score (nSPS) is 11.5. The van der Waals surface area contributed by atoms with E-state index < -0.39 is 11.4 Å². The Bertz CT molecular complexity index is 1240. The third-order valence-electron chi connectivity index (χ3n) is 4.04. The van der Waals surface area contributed by atoms with Gasteiger partial charge in [-0.15, -0.1) is 0 Å². The molecule has 0 spiro atoms. The molecule has 2 heterocycles. The van der Waals surface area contributed by atoms with Gasteiger partial charge in [0.25, 0.3) is 0 Å². The van der Waals surface area contributed by atoms with Crippen LogP contribution in [-0.4, -0.2) is 14.0 Å². The van der Waals surface area contributed by atoms with E-state index in [0.29, 0.717) is 15.7 Å². The van der Waals surface area contributed by atoms with Gasteiger partial charge in [-0.1, -0.05) is 29.0 Å². The predicted molar refractivity (Wildman–Crippen MR) is 96.9 cm³/mol. The van der Waals surface area contributed by atoms with Gasteiger partial charge in [0, 0.05) is 5.02 Å². The number of halogens is 1. The van der Waals surface area contributed by atoms with Crippen molar-refractivity contribution in [2.24, 2.45) is 0 Å². The van der Waals surface area contributed by atoms with E-state index in [1.54, 1.807) is 24.3 Å². The van der Waals surface area contributed by atoms with Crippen LogP contribution in [0.1, 0.15) is 11.1 Å². The van der Waals surface area contributed by atoms with Crippen LogP contribution < -0.4 is 11.4 Å². The second kappa shape index (κ2) is 5.29. The first kappa shape index (κ1) is 15.1. The minimum atomic E-state index is -0.609. The quantitative estimate of drug-likeness (QED) is 0.525. The Labute approximate surface area is 145 Å². The minimum Gasteiger partial charge on any atom is -0.247 e. The number of nitrogens with zero attached hydrogens (tertiary/aromatic N) is 3. The molecule has 2 aromatic heterocycles. The zero-order valence-corrected chi connectivity index (χ0v) is 14.5. The van der Waals surface area contributed by atoms with Crippen molar-refractivity contribution in [3.05, 3.63) is 73.5 Å². The molecule has 4 aromatic rings. The predicted octanol–water partition coefficient (Wildman–Crippen LogP) is 3.33. The summed E-state index contributed by atoms with van der Waals surface area (Å²) >= 11 is 7.32. The molecule has 0 N–H and O–H groups in total. The van der Waals surface area contributed by atoms with Crippen LogP contribution in [-0.2, 0) is 0 Å². The molecule has 0 aliphatic heterocycles. The highest BCUT2D eigenvalue weighted by Crippen LogP contribution is 2.26. The van der Waals surface area contributed by atoms with E-state index in [-0.39, 0.29) is 0 Å². The van der Waals surface area contributed by atoms with Crippen molar-refractivity contribution in [2.75, 3.05) is 0 Å². The topological polar surface area (TPSA) is 56.4 Å². The highest BCUT2D eigenvalue weighted by molar-refractivity contribution is 7.23. The van der Waals surface area contributed by atoms with Gasteiger partial charge < -0.3 is 0 Å². The molecule has 24 heavy (non-hydrogen) atoms. The summed E-state index contributed by atoms with van der Waals surface area (Å²) in [7, 11) is 0. The van der Waals surface area contributed by atoms with Crippen molar-refractivity contribution < 1.29 is 0 Å². The summed E-state index contributed by atoms with van der Waals surface area (Å²) in [5, 5.41) is 0.450. The van der Waals surface area contributed by atoms with E-state index in [1.165, 1.54) is 15.7 Å². The van der Waals surface area contributed by atoms with Crippen LogP contribution in [0.4, 0.5) is 0 Å². The SMILES string of the molecule is Cc1cc2sc3nc(=O)n(-c4cccc(Cl)c4)c(=O)n3c2cc1C. The van der Waals surface area contributed by atoms with Crippen LogP contribution >= 0.6 is 22.9 Å². The van der Waals surface area contributed by atoms with Crippen molar-refractivity contribution in [1.29, 1.82) is 0 Å². The molecule has 0 saturated heterocycles. The molecule has 4 rings (SSSR count). The van der Waals surface area contributed by atoms with Crippen LogP contribution in [0, 0.1) is 13.8 Å². The number of aryl methyl sites for hydroxylation is 2. The maximum Gasteiger partial charge on any atom is 0.359 e. The van der Waals surface area contributed by atoms with Gasteiger partial charge in [0.1, 0.15) is 0 Å². The molecule has 2 aromatic carbocycles. The molecule has 0 aliphatic carbocycles. The van der Waals surface area contributed by atoms with Gasteiger partial charge in [0.05, 0.1) is 15.9 Å². The molecule has 0 fully saturated rings. The number of hydrogen-bond donors (Lipinski definition) is 0. The van der Waals surface area contributed by atoms with Gasteiger partial charge >= 0.3 is 11.4 Å². The number of aromatic nitrogens is 3. The number of hydrogen-bond acceptors (Lipinski definition) is 4. The van der Waals surface area contributed by atoms with Crippen molar-refractivity contribution >= 4 is 38.1 Å². The van der Waals surface area contributed by atoms with E-state index in [9.17, 15) is 9.59 Å². The van der Waals surface area contributed by atoms with Crippen LogP contribution in [0.2, 0.25) is 5.02 Å². The highest BCUT2D eigenvalue weighted by atomic mass is 35.5. The molecule has 0 bridgehead atoms. The van der Waals surface area contributed by atoms with Gasteiger partial charge in [-0.2, -0.15) is 4.98 Å². The van der Waals surface area contributed by atoms with E-state index >= 15 is 0 Å². The minimum absolute atomic E-state index is 0.392. The Hall–Kier alpha value is -2.44. The summed E-state index contributed by atoms with van der Waals surface area (Å²) in [6.45, 7) is 4.00. The van der Waals surface area contributed by atoms with Gasteiger partial charge in [-0.25, -0.2) is 18.6 Å². The number of benzene rings is 2. The smallest absolute Gasteiger partial charge is 0.247 e. The zero-order chi connectivity index (χ0) is 17.0. The summed E-state index contributed by atoms with van der Waals surface area (Å²) in [5.74, 6) is 0. The standard InChI is InChI=1S/C17H12ClN3O2S/c1-9-6-13-14(7-10(9)2)24-16-19-15(22)20(17(23)21(13)16)12-5-3-4-11(18)8-12/h3-8H,1-2H3. The van der Waals surface area contributed by atoms with Crippen LogP contribution in [0.3, 0.4) is 0 Å². The average Bonchev–Trinajstić information content (AvgIpc) is 2.85. The summed E-state index contributed by atoms with van der Waals surface area (Å²) in [6, 6.07) is 10.6. The third-order valence-corrected chi connectivity index (χ3v) is 5.28. The Kier molecular flexibility index (Phi) is 3.33. The maximum atomic E-state index is 13.0. The fourth-order valence-corrected chi connectivity index (χ4v) is 3.95. The zero-order valence-electron chi connectivity index (χ0n) is 12.9. The molecule has 0 aliphatic rings. The lowest BCUT2D eigenvalue weighted by Gasteiger charge is -2.05. The second-order valence-electron chi connectivity index (χ2n) is 5.62. The van der Waals surface area contributed by atoms with Crippen molar-refractivity contribution in [1.82, 2.24) is 14.0 Å². The summed E-state index contributed by atoms with van der Waals surface area (Å²) < 4.78 is 3.44. The second-order valence-corrected chi connectivity index (χ2v) is 7.06. The third kappa shape index (κ3) is 2.18. The lowest BCUT2D eigenvalue weighted by atomic mass is 10.1. The number of fused-ring (bicyclic) bond motifs is 3. The number of thiazole rings is 1. The first-order valence-electron chi connectivity index (χ1n) is 7.27. The molecule has 0 unspecified atom stereocenters. The Morgan fingerprint density at radius 3 is 2.58 bits per heavy atom. The van der Waals surface area contributed by atoms with Gasteiger partial charge in [-0.3, -0.25) is 0 Å². The van der Waals surface area contributed by atoms with Gasteiger partial charge in [-0.05, 0) is 55.3 Å². The molecule has 0 radical (unpaired) electrons. The van der Waals surface area contributed by atoms with E-state index in [1.807, 2.05) is 26.0 Å². The number of rotatable bonds is 1. The maximum absolute atomic E-state index is 13.0.